The molecular weight excluding hydrogens is 304 g/mol. The van der Waals surface area contributed by atoms with Crippen LogP contribution < -0.4 is 5.32 Å². The van der Waals surface area contributed by atoms with E-state index in [-0.39, 0.29) is 0 Å². The molecule has 2 fully saturated rings. The molecule has 1 aromatic rings. The van der Waals surface area contributed by atoms with Gasteiger partial charge in [0.25, 0.3) is 0 Å². The Bertz CT molecular complexity index is 567. The van der Waals surface area contributed by atoms with Crippen LogP contribution in [0.15, 0.2) is 18.5 Å². The Balaban J connectivity index is 1.50. The second-order valence-corrected chi connectivity index (χ2v) is 6.89. The lowest BCUT2D eigenvalue weighted by molar-refractivity contribution is -0.131. The van der Waals surface area contributed by atoms with Crippen molar-refractivity contribution in [2.45, 2.75) is 44.6 Å². The smallest absolute Gasteiger partial charge is 0.328 e. The summed E-state index contributed by atoms with van der Waals surface area (Å²) in [7, 11) is 0. The fourth-order valence-corrected chi connectivity index (χ4v) is 3.76. The molecule has 2 heterocycles. The van der Waals surface area contributed by atoms with Crippen LogP contribution in [0.25, 0.3) is 6.08 Å². The third kappa shape index (κ3) is 5.03. The average Bonchev–Trinajstić information content (AvgIpc) is 3.07. The first-order valence-corrected chi connectivity index (χ1v) is 8.91. The van der Waals surface area contributed by atoms with Gasteiger partial charge in [0.1, 0.15) is 5.82 Å². The van der Waals surface area contributed by atoms with E-state index in [0.717, 1.165) is 30.8 Å². The number of nitrogens with one attached hydrogen (secondary N) is 1. The van der Waals surface area contributed by atoms with Crippen LogP contribution in [0, 0.1) is 5.92 Å². The molecule has 1 atom stereocenters. The highest BCUT2D eigenvalue weighted by Crippen LogP contribution is 2.26. The maximum atomic E-state index is 10.5. The maximum absolute atomic E-state index is 10.5. The number of piperidine rings is 1. The van der Waals surface area contributed by atoms with E-state index < -0.39 is 5.97 Å². The molecule has 6 nitrogen and oxygen atoms in total. The second kappa shape index (κ2) is 8.24. The van der Waals surface area contributed by atoms with Gasteiger partial charge in [0.15, 0.2) is 0 Å². The molecule has 1 saturated heterocycles. The topological polar surface area (TPSA) is 78.3 Å². The minimum absolute atomic E-state index is 0.412. The number of carbonyl (C=O) groups is 1. The normalized spacial score (nSPS) is 22.9. The Morgan fingerprint density at radius 1 is 1.25 bits per heavy atom. The lowest BCUT2D eigenvalue weighted by atomic mass is 10.0. The first-order chi connectivity index (χ1) is 11.7. The number of likely N-dealkylation sites (tertiary alicyclic amines) is 1. The van der Waals surface area contributed by atoms with Gasteiger partial charge in [-0.2, -0.15) is 0 Å². The van der Waals surface area contributed by atoms with E-state index in [1.807, 2.05) is 0 Å². The summed E-state index contributed by atoms with van der Waals surface area (Å²) in [4.78, 5) is 21.7. The minimum Gasteiger partial charge on any atom is -0.478 e. The summed E-state index contributed by atoms with van der Waals surface area (Å²) in [5.74, 6) is 0.669. The van der Waals surface area contributed by atoms with Gasteiger partial charge >= 0.3 is 5.97 Å². The van der Waals surface area contributed by atoms with Crippen LogP contribution in [0.3, 0.4) is 0 Å². The van der Waals surface area contributed by atoms with Crippen LogP contribution in [0.1, 0.15) is 44.2 Å². The molecule has 3 rings (SSSR count). The molecular formula is C18H26N4O2. The van der Waals surface area contributed by atoms with Crippen LogP contribution in [-0.4, -0.2) is 51.6 Å². The first-order valence-electron chi connectivity index (χ1n) is 8.91. The molecule has 1 aliphatic heterocycles. The van der Waals surface area contributed by atoms with E-state index in [1.165, 1.54) is 51.3 Å². The largest absolute Gasteiger partial charge is 0.478 e. The Kier molecular flexibility index (Phi) is 5.80. The van der Waals surface area contributed by atoms with Gasteiger partial charge in [-0.05, 0) is 44.2 Å². The predicted molar refractivity (Wildman–Crippen MR) is 93.7 cm³/mol. The maximum Gasteiger partial charge on any atom is 0.328 e. The van der Waals surface area contributed by atoms with Crippen molar-refractivity contribution in [3.05, 3.63) is 24.2 Å². The van der Waals surface area contributed by atoms with Crippen molar-refractivity contribution in [2.75, 3.05) is 25.0 Å². The fraction of sp³-hybridized carbons (Fsp3) is 0.611. The first kappa shape index (κ1) is 16.9. The van der Waals surface area contributed by atoms with Gasteiger partial charge in [0, 0.05) is 25.2 Å². The third-order valence-electron chi connectivity index (χ3n) is 4.92. The Hall–Kier alpha value is -1.95. The minimum atomic E-state index is -0.983. The average molecular weight is 330 g/mol. The quantitative estimate of drug-likeness (QED) is 0.781. The number of rotatable bonds is 6. The number of aliphatic carboxylic acids is 1. The van der Waals surface area contributed by atoms with Gasteiger partial charge in [-0.3, -0.25) is 4.98 Å². The molecule has 0 bridgehead atoms. The molecule has 2 aliphatic rings. The molecule has 2 N–H and O–H groups in total. The van der Waals surface area contributed by atoms with Gasteiger partial charge < -0.3 is 15.3 Å². The molecule has 130 valence electrons. The van der Waals surface area contributed by atoms with E-state index >= 15 is 0 Å². The molecule has 1 unspecified atom stereocenters. The summed E-state index contributed by atoms with van der Waals surface area (Å²) in [5.41, 5.74) is 0.550. The molecule has 0 aromatic carbocycles. The highest BCUT2D eigenvalue weighted by Gasteiger charge is 2.24. The Morgan fingerprint density at radius 3 is 2.79 bits per heavy atom. The SMILES string of the molecule is O=C(O)/C=C/c1cnc(NC2CCCN(CC3CCCC3)C2)cn1. The summed E-state index contributed by atoms with van der Waals surface area (Å²) in [6, 6.07) is 0.412. The van der Waals surface area contributed by atoms with Crippen molar-refractivity contribution in [1.82, 2.24) is 14.9 Å². The molecule has 0 spiro atoms. The Morgan fingerprint density at radius 2 is 2.08 bits per heavy atom. The van der Waals surface area contributed by atoms with Crippen molar-refractivity contribution in [3.8, 4) is 0 Å². The fourth-order valence-electron chi connectivity index (χ4n) is 3.76. The van der Waals surface area contributed by atoms with E-state index in [9.17, 15) is 4.79 Å². The summed E-state index contributed by atoms with van der Waals surface area (Å²) in [6.07, 6.45) is 13.8. The third-order valence-corrected chi connectivity index (χ3v) is 4.92. The van der Waals surface area contributed by atoms with Crippen LogP contribution in [0.4, 0.5) is 5.82 Å². The van der Waals surface area contributed by atoms with Gasteiger partial charge in [-0.15, -0.1) is 0 Å². The lowest BCUT2D eigenvalue weighted by Gasteiger charge is -2.34. The number of nitrogens with zero attached hydrogens (tertiary/aromatic N) is 3. The van der Waals surface area contributed by atoms with Crippen LogP contribution in [0.5, 0.6) is 0 Å². The molecule has 24 heavy (non-hydrogen) atoms. The lowest BCUT2D eigenvalue weighted by Crippen LogP contribution is -2.43. The van der Waals surface area contributed by atoms with E-state index in [0.29, 0.717) is 11.7 Å². The zero-order chi connectivity index (χ0) is 16.8. The zero-order valence-electron chi connectivity index (χ0n) is 14.0. The Labute approximate surface area is 143 Å². The van der Waals surface area contributed by atoms with E-state index in [1.54, 1.807) is 12.4 Å². The van der Waals surface area contributed by atoms with E-state index in [4.69, 9.17) is 5.11 Å². The van der Waals surface area contributed by atoms with Gasteiger partial charge in [0.05, 0.1) is 18.1 Å². The molecule has 1 aromatic heterocycles. The zero-order valence-corrected chi connectivity index (χ0v) is 14.0. The summed E-state index contributed by atoms with van der Waals surface area (Å²) in [5, 5.41) is 12.1. The molecule has 0 amide bonds. The molecule has 1 saturated carbocycles. The summed E-state index contributed by atoms with van der Waals surface area (Å²) < 4.78 is 0. The summed E-state index contributed by atoms with van der Waals surface area (Å²) in [6.45, 7) is 3.51. The van der Waals surface area contributed by atoms with Gasteiger partial charge in [0.2, 0.25) is 0 Å². The molecule has 6 heteroatoms. The van der Waals surface area contributed by atoms with Gasteiger partial charge in [-0.1, -0.05) is 12.8 Å². The summed E-state index contributed by atoms with van der Waals surface area (Å²) >= 11 is 0. The van der Waals surface area contributed by atoms with Crippen molar-refractivity contribution in [2.24, 2.45) is 5.92 Å². The predicted octanol–water partition coefficient (Wildman–Crippen LogP) is 2.64. The van der Waals surface area contributed by atoms with Crippen LogP contribution in [-0.2, 0) is 4.79 Å². The van der Waals surface area contributed by atoms with Crippen molar-refractivity contribution < 1.29 is 9.90 Å². The van der Waals surface area contributed by atoms with Crippen LogP contribution in [0.2, 0.25) is 0 Å². The molecule has 0 radical (unpaired) electrons. The van der Waals surface area contributed by atoms with Crippen LogP contribution >= 0.6 is 0 Å². The number of anilines is 1. The standard InChI is InChI=1S/C18H26N4O2/c23-18(24)8-7-15-10-20-17(11-19-15)21-16-6-3-9-22(13-16)12-14-4-1-2-5-14/h7-8,10-11,14,16H,1-6,9,12-13H2,(H,20,21)(H,23,24)/b8-7+. The van der Waals surface area contributed by atoms with Crippen molar-refractivity contribution >= 4 is 17.9 Å². The number of carboxylic acids is 1. The molecule has 1 aliphatic carbocycles. The highest BCUT2D eigenvalue weighted by atomic mass is 16.4. The number of aromatic nitrogens is 2. The monoisotopic (exact) mass is 330 g/mol. The van der Waals surface area contributed by atoms with Crippen molar-refractivity contribution in [3.63, 3.8) is 0 Å². The second-order valence-electron chi connectivity index (χ2n) is 6.89. The number of hydrogen-bond acceptors (Lipinski definition) is 5. The van der Waals surface area contributed by atoms with Crippen molar-refractivity contribution in [1.29, 1.82) is 0 Å². The van der Waals surface area contributed by atoms with E-state index in [2.05, 4.69) is 20.2 Å². The number of carboxylic acid groups (broad SMARTS) is 1. The highest BCUT2D eigenvalue weighted by molar-refractivity contribution is 5.84. The van der Waals surface area contributed by atoms with Gasteiger partial charge in [-0.25, -0.2) is 9.78 Å². The number of hydrogen-bond donors (Lipinski definition) is 2.